The monoisotopic (exact) mass is 283 g/mol. The molecule has 1 saturated carbocycles. The Labute approximate surface area is 122 Å². The summed E-state index contributed by atoms with van der Waals surface area (Å²) in [6.45, 7) is 6.87. The summed E-state index contributed by atoms with van der Waals surface area (Å²) in [4.78, 5) is 23.0. The fourth-order valence-corrected chi connectivity index (χ4v) is 3.07. The molecule has 0 aliphatic heterocycles. The van der Waals surface area contributed by atoms with Crippen LogP contribution in [-0.4, -0.2) is 23.5 Å². The number of hydrogen-bond acceptors (Lipinski definition) is 2. The lowest BCUT2D eigenvalue weighted by Crippen LogP contribution is -2.40. The molecule has 0 aromatic rings. The molecule has 1 amide bonds. The minimum atomic E-state index is -0.752. The lowest BCUT2D eigenvalue weighted by atomic mass is 9.81. The van der Waals surface area contributed by atoms with Gasteiger partial charge in [-0.3, -0.25) is 9.59 Å². The molecule has 0 bridgehead atoms. The summed E-state index contributed by atoms with van der Waals surface area (Å²) in [5.74, 6) is -0.551. The predicted octanol–water partition coefficient (Wildman–Crippen LogP) is 3.35. The van der Waals surface area contributed by atoms with Crippen LogP contribution in [0.1, 0.15) is 72.1 Å². The van der Waals surface area contributed by atoms with Crippen LogP contribution in [0.3, 0.4) is 0 Å². The van der Waals surface area contributed by atoms with Gasteiger partial charge in [-0.15, -0.1) is 0 Å². The number of rotatable bonds is 8. The first-order valence-electron chi connectivity index (χ1n) is 7.81. The maximum atomic E-state index is 12.3. The van der Waals surface area contributed by atoms with E-state index in [-0.39, 0.29) is 23.2 Å². The van der Waals surface area contributed by atoms with Crippen LogP contribution in [-0.2, 0) is 9.59 Å². The number of nitrogens with one attached hydrogen (secondary N) is 1. The van der Waals surface area contributed by atoms with E-state index in [1.165, 1.54) is 0 Å². The van der Waals surface area contributed by atoms with Crippen molar-refractivity contribution in [2.45, 2.75) is 72.1 Å². The van der Waals surface area contributed by atoms with E-state index in [9.17, 15) is 9.59 Å². The Morgan fingerprint density at radius 2 is 1.80 bits per heavy atom. The maximum absolute atomic E-state index is 12.3. The Hall–Kier alpha value is -1.06. The van der Waals surface area contributed by atoms with E-state index >= 15 is 0 Å². The second-order valence-corrected chi connectivity index (χ2v) is 6.90. The summed E-state index contributed by atoms with van der Waals surface area (Å²) in [5, 5.41) is 11.8. The minimum absolute atomic E-state index is 0.0409. The third-order valence-corrected chi connectivity index (χ3v) is 4.82. The predicted molar refractivity (Wildman–Crippen MR) is 79.5 cm³/mol. The Morgan fingerprint density at radius 3 is 2.30 bits per heavy atom. The van der Waals surface area contributed by atoms with Crippen LogP contribution in [0.2, 0.25) is 0 Å². The molecule has 0 aromatic heterocycles. The molecule has 0 atom stereocenters. The summed E-state index contributed by atoms with van der Waals surface area (Å²) in [7, 11) is 0. The number of carbonyl (C=O) groups excluding carboxylic acids is 1. The average Bonchev–Trinajstić information content (AvgIpc) is 2.86. The van der Waals surface area contributed by atoms with E-state index in [0.717, 1.165) is 38.5 Å². The first-order valence-corrected chi connectivity index (χ1v) is 7.81. The highest BCUT2D eigenvalue weighted by Crippen LogP contribution is 2.41. The van der Waals surface area contributed by atoms with Crippen LogP contribution in [0, 0.1) is 10.8 Å². The van der Waals surface area contributed by atoms with Crippen LogP contribution < -0.4 is 5.32 Å². The molecule has 4 nitrogen and oxygen atoms in total. The molecule has 0 unspecified atom stereocenters. The van der Waals surface area contributed by atoms with Crippen LogP contribution >= 0.6 is 0 Å². The van der Waals surface area contributed by atoms with Gasteiger partial charge in [0, 0.05) is 18.4 Å². The van der Waals surface area contributed by atoms with Crippen molar-refractivity contribution in [3.05, 3.63) is 0 Å². The van der Waals surface area contributed by atoms with Gasteiger partial charge in [-0.05, 0) is 37.5 Å². The van der Waals surface area contributed by atoms with Gasteiger partial charge in [-0.25, -0.2) is 0 Å². The number of hydrogen-bond donors (Lipinski definition) is 2. The van der Waals surface area contributed by atoms with Crippen molar-refractivity contribution >= 4 is 11.9 Å². The molecule has 1 rings (SSSR count). The average molecular weight is 283 g/mol. The number of carboxylic acid groups (broad SMARTS) is 1. The van der Waals surface area contributed by atoms with Gasteiger partial charge < -0.3 is 10.4 Å². The van der Waals surface area contributed by atoms with E-state index in [0.29, 0.717) is 13.0 Å². The number of amides is 1. The molecule has 0 radical (unpaired) electrons. The van der Waals surface area contributed by atoms with Crippen molar-refractivity contribution in [3.63, 3.8) is 0 Å². The largest absolute Gasteiger partial charge is 0.481 e. The number of carboxylic acids is 1. The Balaban J connectivity index is 2.35. The van der Waals surface area contributed by atoms with E-state index < -0.39 is 5.97 Å². The second kappa shape index (κ2) is 7.09. The lowest BCUT2D eigenvalue weighted by Gasteiger charge is -2.28. The Kier molecular flexibility index (Phi) is 6.03. The third-order valence-electron chi connectivity index (χ3n) is 4.82. The van der Waals surface area contributed by atoms with Crippen molar-refractivity contribution in [2.75, 3.05) is 6.54 Å². The fourth-order valence-electron chi connectivity index (χ4n) is 3.07. The van der Waals surface area contributed by atoms with Gasteiger partial charge in [0.1, 0.15) is 0 Å². The van der Waals surface area contributed by atoms with Crippen molar-refractivity contribution in [1.82, 2.24) is 5.32 Å². The first-order chi connectivity index (χ1) is 9.31. The second-order valence-electron chi connectivity index (χ2n) is 6.90. The Bertz CT molecular complexity index is 344. The molecule has 4 heteroatoms. The van der Waals surface area contributed by atoms with Crippen molar-refractivity contribution in [2.24, 2.45) is 10.8 Å². The molecule has 1 fully saturated rings. The number of carbonyl (C=O) groups is 2. The van der Waals surface area contributed by atoms with Gasteiger partial charge in [-0.2, -0.15) is 0 Å². The van der Waals surface area contributed by atoms with Crippen LogP contribution in [0.25, 0.3) is 0 Å². The van der Waals surface area contributed by atoms with Crippen LogP contribution in [0.15, 0.2) is 0 Å². The molecular formula is C16H29NO3. The zero-order chi connectivity index (χ0) is 15.2. The molecule has 2 N–H and O–H groups in total. The van der Waals surface area contributed by atoms with Gasteiger partial charge in [0.2, 0.25) is 5.91 Å². The number of aliphatic carboxylic acids is 1. The summed E-state index contributed by atoms with van der Waals surface area (Å²) < 4.78 is 0. The van der Waals surface area contributed by atoms with E-state index in [1.807, 2.05) is 0 Å². The standard InChI is InChI=1S/C16H29NO3/c1-4-16(8-5-6-9-16)14(20)17-12-11-15(2,3)10-7-13(18)19/h4-12H2,1-3H3,(H,17,20)(H,18,19). The van der Waals surface area contributed by atoms with Crippen LogP contribution in [0.5, 0.6) is 0 Å². The molecule has 116 valence electrons. The molecule has 0 saturated heterocycles. The Morgan fingerprint density at radius 1 is 1.20 bits per heavy atom. The minimum Gasteiger partial charge on any atom is -0.481 e. The van der Waals surface area contributed by atoms with Gasteiger partial charge in [0.05, 0.1) is 0 Å². The molecule has 20 heavy (non-hydrogen) atoms. The maximum Gasteiger partial charge on any atom is 0.303 e. The molecule has 0 spiro atoms. The molecule has 0 heterocycles. The van der Waals surface area contributed by atoms with E-state index in [2.05, 4.69) is 26.1 Å². The normalized spacial score (nSPS) is 17.9. The first kappa shape index (κ1) is 17.0. The SMILES string of the molecule is CCC1(C(=O)NCCC(C)(C)CCC(=O)O)CCCC1. The van der Waals surface area contributed by atoms with E-state index in [1.54, 1.807) is 0 Å². The van der Waals surface area contributed by atoms with E-state index in [4.69, 9.17) is 5.11 Å². The summed E-state index contributed by atoms with van der Waals surface area (Å²) in [6.07, 6.45) is 6.93. The fraction of sp³-hybridized carbons (Fsp3) is 0.875. The highest BCUT2D eigenvalue weighted by atomic mass is 16.4. The van der Waals surface area contributed by atoms with Crippen molar-refractivity contribution in [3.8, 4) is 0 Å². The van der Waals surface area contributed by atoms with Gasteiger partial charge in [0.25, 0.3) is 0 Å². The summed E-state index contributed by atoms with van der Waals surface area (Å²) in [6, 6.07) is 0. The van der Waals surface area contributed by atoms with Crippen LogP contribution in [0.4, 0.5) is 0 Å². The zero-order valence-corrected chi connectivity index (χ0v) is 13.1. The topological polar surface area (TPSA) is 66.4 Å². The highest BCUT2D eigenvalue weighted by molar-refractivity contribution is 5.82. The summed E-state index contributed by atoms with van der Waals surface area (Å²) >= 11 is 0. The third kappa shape index (κ3) is 4.80. The quantitative estimate of drug-likeness (QED) is 0.718. The lowest BCUT2D eigenvalue weighted by molar-refractivity contribution is -0.137. The smallest absolute Gasteiger partial charge is 0.303 e. The molecule has 0 aromatic carbocycles. The van der Waals surface area contributed by atoms with Crippen molar-refractivity contribution < 1.29 is 14.7 Å². The zero-order valence-electron chi connectivity index (χ0n) is 13.1. The van der Waals surface area contributed by atoms with Gasteiger partial charge in [0.15, 0.2) is 0 Å². The molecule has 1 aliphatic carbocycles. The highest BCUT2D eigenvalue weighted by Gasteiger charge is 2.39. The van der Waals surface area contributed by atoms with Gasteiger partial charge in [-0.1, -0.05) is 33.6 Å². The molecular weight excluding hydrogens is 254 g/mol. The van der Waals surface area contributed by atoms with Crippen molar-refractivity contribution in [1.29, 1.82) is 0 Å². The molecule has 1 aliphatic rings. The van der Waals surface area contributed by atoms with Gasteiger partial charge >= 0.3 is 5.97 Å². The summed E-state index contributed by atoms with van der Waals surface area (Å²) in [5.41, 5.74) is -0.175.